The molecule has 10 heteroatoms. The Kier molecular flexibility index (Phi) is 4.26. The van der Waals surface area contributed by atoms with Crippen LogP contribution in [0.2, 0.25) is 0 Å². The number of ether oxygens (including phenoxy) is 1. The molecule has 0 aliphatic rings. The van der Waals surface area contributed by atoms with Gasteiger partial charge in [-0.05, 0) is 28.1 Å². The highest BCUT2D eigenvalue weighted by Gasteiger charge is 2.23. The molecular weight excluding hydrogens is 351 g/mol. The number of nitro groups is 1. The summed E-state index contributed by atoms with van der Waals surface area (Å²) in [5.74, 6) is -1.55. The minimum absolute atomic E-state index is 0.0163. The highest BCUT2D eigenvalue weighted by atomic mass is 79.9. The Morgan fingerprint density at radius 1 is 1.57 bits per heavy atom. The number of hydrogen-bond acceptors (Lipinski definition) is 6. The van der Waals surface area contributed by atoms with Crippen LogP contribution >= 0.6 is 15.9 Å². The molecule has 0 radical (unpaired) electrons. The van der Waals surface area contributed by atoms with Gasteiger partial charge in [0.05, 0.1) is 12.7 Å². The van der Waals surface area contributed by atoms with E-state index in [2.05, 4.69) is 26.0 Å². The van der Waals surface area contributed by atoms with E-state index >= 15 is 0 Å². The first kappa shape index (κ1) is 15.0. The molecule has 0 spiro atoms. The summed E-state index contributed by atoms with van der Waals surface area (Å²) in [6.07, 6.45) is 0. The zero-order valence-corrected chi connectivity index (χ0v) is 12.2. The maximum Gasteiger partial charge on any atom is 0.492 e. The van der Waals surface area contributed by atoms with Crippen LogP contribution in [0.15, 0.2) is 22.9 Å². The summed E-state index contributed by atoms with van der Waals surface area (Å²) in [4.78, 5) is 25.5. The fourth-order valence-electron chi connectivity index (χ4n) is 1.61. The molecule has 0 atom stereocenters. The van der Waals surface area contributed by atoms with Crippen LogP contribution in [-0.2, 0) is 6.54 Å². The van der Waals surface area contributed by atoms with Gasteiger partial charge >= 0.3 is 5.95 Å². The number of methoxy groups -OCH3 is 1. The van der Waals surface area contributed by atoms with E-state index in [1.54, 1.807) is 0 Å². The molecule has 110 valence electrons. The van der Waals surface area contributed by atoms with Gasteiger partial charge in [-0.15, -0.1) is 0 Å². The standard InChI is InChI=1S/C11H8BrFN4O4/c1-21-9-3-2-6(13)4-7(9)8(18)5-16-10(12)14-11(15-16)17(19)20/h2-4H,5H2,1H3. The summed E-state index contributed by atoms with van der Waals surface area (Å²) >= 11 is 2.96. The highest BCUT2D eigenvalue weighted by Crippen LogP contribution is 2.21. The Labute approximate surface area is 125 Å². The average Bonchev–Trinajstić information content (AvgIpc) is 2.80. The van der Waals surface area contributed by atoms with E-state index in [0.717, 1.165) is 16.8 Å². The number of carbonyl (C=O) groups is 1. The zero-order valence-electron chi connectivity index (χ0n) is 10.6. The number of halogens is 2. The molecule has 1 heterocycles. The van der Waals surface area contributed by atoms with Crippen molar-refractivity contribution in [2.45, 2.75) is 6.54 Å². The molecule has 0 unspecified atom stereocenters. The Bertz CT molecular complexity index is 718. The molecule has 0 amide bonds. The molecule has 0 saturated heterocycles. The minimum Gasteiger partial charge on any atom is -0.496 e. The number of hydrogen-bond donors (Lipinski definition) is 0. The number of carbonyl (C=O) groups excluding carboxylic acids is 1. The summed E-state index contributed by atoms with van der Waals surface area (Å²) < 4.78 is 19.2. The Balaban J connectivity index is 2.30. The number of Topliss-reactive ketones (excluding diaryl/α,β-unsaturated/α-hetero) is 1. The third kappa shape index (κ3) is 3.21. The fourth-order valence-corrected chi connectivity index (χ4v) is 1.97. The molecular formula is C11H8BrFN4O4. The van der Waals surface area contributed by atoms with Gasteiger partial charge in [0.15, 0.2) is 5.78 Å². The SMILES string of the molecule is COc1ccc(F)cc1C(=O)Cn1nc([N+](=O)[O-])nc1Br. The number of ketones is 1. The van der Waals surface area contributed by atoms with Crippen molar-refractivity contribution in [1.29, 1.82) is 0 Å². The quantitative estimate of drug-likeness (QED) is 0.460. The van der Waals surface area contributed by atoms with Gasteiger partial charge in [0, 0.05) is 21.0 Å². The largest absolute Gasteiger partial charge is 0.496 e. The van der Waals surface area contributed by atoms with Crippen molar-refractivity contribution >= 4 is 27.7 Å². The van der Waals surface area contributed by atoms with Crippen molar-refractivity contribution in [3.63, 3.8) is 0 Å². The van der Waals surface area contributed by atoms with Crippen LogP contribution in [0.4, 0.5) is 10.3 Å². The average molecular weight is 359 g/mol. The van der Waals surface area contributed by atoms with Crippen LogP contribution in [0.3, 0.4) is 0 Å². The molecule has 0 N–H and O–H groups in total. The molecule has 0 saturated carbocycles. The van der Waals surface area contributed by atoms with Crippen LogP contribution < -0.4 is 4.74 Å². The molecule has 0 aliphatic carbocycles. The molecule has 2 aromatic rings. The van der Waals surface area contributed by atoms with E-state index in [4.69, 9.17) is 4.74 Å². The summed E-state index contributed by atoms with van der Waals surface area (Å²) in [6, 6.07) is 3.51. The molecule has 1 aromatic heterocycles. The molecule has 0 bridgehead atoms. The Morgan fingerprint density at radius 3 is 2.86 bits per heavy atom. The first-order chi connectivity index (χ1) is 9.92. The molecule has 21 heavy (non-hydrogen) atoms. The Hall–Kier alpha value is -2.36. The second-order valence-corrected chi connectivity index (χ2v) is 4.57. The van der Waals surface area contributed by atoms with Crippen molar-refractivity contribution in [2.75, 3.05) is 7.11 Å². The summed E-state index contributed by atoms with van der Waals surface area (Å²) in [5.41, 5.74) is 0.0163. The van der Waals surface area contributed by atoms with E-state index in [0.29, 0.717) is 0 Å². The first-order valence-electron chi connectivity index (χ1n) is 5.54. The lowest BCUT2D eigenvalue weighted by Crippen LogP contribution is -2.13. The zero-order chi connectivity index (χ0) is 15.6. The highest BCUT2D eigenvalue weighted by molar-refractivity contribution is 9.10. The third-order valence-corrected chi connectivity index (χ3v) is 3.12. The topological polar surface area (TPSA) is 100 Å². The van der Waals surface area contributed by atoms with Gasteiger partial charge in [-0.25, -0.2) is 4.39 Å². The van der Waals surface area contributed by atoms with Crippen LogP contribution in [-0.4, -0.2) is 32.6 Å². The monoisotopic (exact) mass is 358 g/mol. The lowest BCUT2D eigenvalue weighted by atomic mass is 10.1. The smallest absolute Gasteiger partial charge is 0.492 e. The lowest BCUT2D eigenvalue weighted by molar-refractivity contribution is -0.394. The van der Waals surface area contributed by atoms with Gasteiger partial charge in [-0.1, -0.05) is 0 Å². The maximum atomic E-state index is 13.2. The van der Waals surface area contributed by atoms with Crippen molar-refractivity contribution in [2.24, 2.45) is 0 Å². The Morgan fingerprint density at radius 2 is 2.29 bits per heavy atom. The predicted molar refractivity (Wildman–Crippen MR) is 71.7 cm³/mol. The van der Waals surface area contributed by atoms with E-state index in [9.17, 15) is 19.3 Å². The molecule has 0 fully saturated rings. The van der Waals surface area contributed by atoms with Gasteiger partial charge in [-0.3, -0.25) is 4.79 Å². The van der Waals surface area contributed by atoms with Gasteiger partial charge in [0.2, 0.25) is 0 Å². The molecule has 0 aliphatic heterocycles. The summed E-state index contributed by atoms with van der Waals surface area (Å²) in [7, 11) is 1.35. The normalized spacial score (nSPS) is 10.4. The minimum atomic E-state index is -0.783. The number of aromatic nitrogens is 3. The van der Waals surface area contributed by atoms with Crippen molar-refractivity contribution < 1.29 is 18.8 Å². The number of nitrogens with zero attached hydrogens (tertiary/aromatic N) is 4. The second kappa shape index (κ2) is 5.95. The van der Waals surface area contributed by atoms with Crippen LogP contribution in [0.1, 0.15) is 10.4 Å². The molecule has 8 nitrogen and oxygen atoms in total. The van der Waals surface area contributed by atoms with Gasteiger partial charge < -0.3 is 14.9 Å². The van der Waals surface area contributed by atoms with Gasteiger partial charge in [-0.2, -0.15) is 4.68 Å². The fraction of sp³-hybridized carbons (Fsp3) is 0.182. The first-order valence-corrected chi connectivity index (χ1v) is 6.33. The van der Waals surface area contributed by atoms with Crippen molar-refractivity contribution in [3.8, 4) is 5.75 Å². The summed E-state index contributed by atoms with van der Waals surface area (Å²) in [6.45, 7) is -0.346. The van der Waals surface area contributed by atoms with Gasteiger partial charge in [0.25, 0.3) is 4.73 Å². The van der Waals surface area contributed by atoms with E-state index in [1.807, 2.05) is 0 Å². The van der Waals surface area contributed by atoms with E-state index < -0.39 is 22.5 Å². The number of rotatable bonds is 5. The van der Waals surface area contributed by atoms with E-state index in [1.165, 1.54) is 13.2 Å². The van der Waals surface area contributed by atoms with Crippen LogP contribution in [0.25, 0.3) is 0 Å². The third-order valence-electron chi connectivity index (χ3n) is 2.53. The number of benzene rings is 1. The summed E-state index contributed by atoms with van der Waals surface area (Å²) in [5, 5.41) is 14.1. The predicted octanol–water partition coefficient (Wildman–Crippen LogP) is 1.98. The second-order valence-electron chi connectivity index (χ2n) is 3.86. The van der Waals surface area contributed by atoms with Crippen LogP contribution in [0, 0.1) is 15.9 Å². The van der Waals surface area contributed by atoms with Crippen molar-refractivity contribution in [3.05, 3.63) is 44.4 Å². The maximum absolute atomic E-state index is 13.2. The molecule has 2 rings (SSSR count). The van der Waals surface area contributed by atoms with Gasteiger partial charge in [0.1, 0.15) is 18.1 Å². The van der Waals surface area contributed by atoms with Crippen molar-refractivity contribution in [1.82, 2.24) is 14.8 Å². The van der Waals surface area contributed by atoms with E-state index in [-0.39, 0.29) is 22.6 Å². The molecule has 1 aromatic carbocycles. The van der Waals surface area contributed by atoms with Crippen LogP contribution in [0.5, 0.6) is 5.75 Å². The lowest BCUT2D eigenvalue weighted by Gasteiger charge is -2.06.